The van der Waals surface area contributed by atoms with E-state index in [-0.39, 0.29) is 0 Å². The highest BCUT2D eigenvalue weighted by atomic mass is 19.1. The van der Waals surface area contributed by atoms with Gasteiger partial charge in [0.15, 0.2) is 0 Å². The standard InChI is InChI=1S/C7H8BFO/c8-6-2-1-3-7(4-6)10-5-9/h1-4H,5,8H2. The smallest absolute Gasteiger partial charge is 0.228 e. The summed E-state index contributed by atoms with van der Waals surface area (Å²) < 4.78 is 16.2. The molecule has 0 bridgehead atoms. The molecular weight excluding hydrogens is 130 g/mol. The highest BCUT2D eigenvalue weighted by molar-refractivity contribution is 6.32. The largest absolute Gasteiger partial charge is 0.463 e. The quantitative estimate of drug-likeness (QED) is 0.532. The van der Waals surface area contributed by atoms with Gasteiger partial charge >= 0.3 is 0 Å². The first kappa shape index (κ1) is 7.13. The summed E-state index contributed by atoms with van der Waals surface area (Å²) in [6.07, 6.45) is 0. The maximum Gasteiger partial charge on any atom is 0.228 e. The van der Waals surface area contributed by atoms with Crippen molar-refractivity contribution in [2.75, 3.05) is 6.86 Å². The highest BCUT2D eigenvalue weighted by Gasteiger charge is 1.90. The molecule has 0 radical (unpaired) electrons. The van der Waals surface area contributed by atoms with Crippen LogP contribution in [0, 0.1) is 0 Å². The van der Waals surface area contributed by atoms with Gasteiger partial charge in [-0.15, -0.1) is 0 Å². The van der Waals surface area contributed by atoms with E-state index in [0.717, 1.165) is 5.46 Å². The Kier molecular flexibility index (Phi) is 2.32. The Bertz CT molecular complexity index is 215. The van der Waals surface area contributed by atoms with Gasteiger partial charge in [0.2, 0.25) is 6.86 Å². The van der Waals surface area contributed by atoms with Gasteiger partial charge in [-0.1, -0.05) is 17.6 Å². The Morgan fingerprint density at radius 3 is 2.90 bits per heavy atom. The Morgan fingerprint density at radius 1 is 1.50 bits per heavy atom. The topological polar surface area (TPSA) is 9.23 Å². The zero-order valence-corrected chi connectivity index (χ0v) is 5.80. The molecule has 0 spiro atoms. The van der Waals surface area contributed by atoms with Gasteiger partial charge in [-0.3, -0.25) is 0 Å². The maximum atomic E-state index is 11.6. The normalized spacial score (nSPS) is 9.30. The maximum absolute atomic E-state index is 11.6. The minimum atomic E-state index is -0.760. The third kappa shape index (κ3) is 1.76. The number of halogens is 1. The van der Waals surface area contributed by atoms with Crippen LogP contribution in [0.3, 0.4) is 0 Å². The summed E-state index contributed by atoms with van der Waals surface area (Å²) >= 11 is 0. The van der Waals surface area contributed by atoms with Gasteiger partial charge in [-0.05, 0) is 12.1 Å². The van der Waals surface area contributed by atoms with Gasteiger partial charge < -0.3 is 4.74 Å². The minimum absolute atomic E-state index is 0.586. The molecule has 0 amide bonds. The average molecular weight is 138 g/mol. The molecule has 0 N–H and O–H groups in total. The Labute approximate surface area is 60.2 Å². The summed E-state index contributed by atoms with van der Waals surface area (Å²) in [5.74, 6) is 0.586. The van der Waals surface area contributed by atoms with E-state index in [0.29, 0.717) is 5.75 Å². The van der Waals surface area contributed by atoms with Gasteiger partial charge in [0.05, 0.1) is 0 Å². The molecule has 0 heterocycles. The van der Waals surface area contributed by atoms with Crippen LogP contribution in [0.15, 0.2) is 24.3 Å². The van der Waals surface area contributed by atoms with Crippen molar-refractivity contribution < 1.29 is 9.13 Å². The van der Waals surface area contributed by atoms with Crippen molar-refractivity contribution in [2.45, 2.75) is 0 Å². The fraction of sp³-hybridized carbons (Fsp3) is 0.143. The molecule has 0 aliphatic heterocycles. The molecule has 1 nitrogen and oxygen atoms in total. The van der Waals surface area contributed by atoms with Crippen LogP contribution in [0.4, 0.5) is 4.39 Å². The lowest BCUT2D eigenvalue weighted by molar-refractivity contribution is 0.192. The third-order valence-electron chi connectivity index (χ3n) is 1.21. The third-order valence-corrected chi connectivity index (χ3v) is 1.21. The average Bonchev–Trinajstić information content (AvgIpc) is 1.88. The molecular formula is C7H8BFO. The molecule has 1 aromatic carbocycles. The van der Waals surface area contributed by atoms with Crippen molar-refractivity contribution in [3.05, 3.63) is 24.3 Å². The van der Waals surface area contributed by atoms with E-state index in [1.807, 2.05) is 20.0 Å². The Balaban J connectivity index is 2.75. The van der Waals surface area contributed by atoms with Crippen molar-refractivity contribution >= 4 is 13.3 Å². The van der Waals surface area contributed by atoms with Gasteiger partial charge in [-0.25, -0.2) is 4.39 Å². The lowest BCUT2D eigenvalue weighted by atomic mass is 9.96. The van der Waals surface area contributed by atoms with Crippen molar-refractivity contribution in [2.24, 2.45) is 0 Å². The van der Waals surface area contributed by atoms with Crippen LogP contribution in [-0.2, 0) is 0 Å². The number of hydrogen-bond donors (Lipinski definition) is 0. The van der Waals surface area contributed by atoms with Crippen LogP contribution < -0.4 is 10.2 Å². The molecule has 0 aliphatic rings. The van der Waals surface area contributed by atoms with Crippen molar-refractivity contribution in [1.82, 2.24) is 0 Å². The predicted octanol–water partition coefficient (Wildman–Crippen LogP) is 0.251. The first-order valence-corrected chi connectivity index (χ1v) is 3.08. The number of hydrogen-bond acceptors (Lipinski definition) is 1. The molecule has 0 saturated carbocycles. The fourth-order valence-electron chi connectivity index (χ4n) is 0.768. The summed E-state index contributed by atoms with van der Waals surface area (Å²) in [4.78, 5) is 0. The van der Waals surface area contributed by atoms with E-state index >= 15 is 0 Å². The van der Waals surface area contributed by atoms with Crippen molar-refractivity contribution in [3.8, 4) is 5.75 Å². The molecule has 1 rings (SSSR count). The second-order valence-corrected chi connectivity index (χ2v) is 2.07. The molecule has 1 aromatic rings. The van der Waals surface area contributed by atoms with E-state index in [1.165, 1.54) is 0 Å². The SMILES string of the molecule is Bc1cccc(OCF)c1. The van der Waals surface area contributed by atoms with E-state index in [1.54, 1.807) is 12.1 Å². The molecule has 0 aromatic heterocycles. The molecule has 3 heteroatoms. The van der Waals surface area contributed by atoms with E-state index in [4.69, 9.17) is 0 Å². The summed E-state index contributed by atoms with van der Waals surface area (Å²) in [6.45, 7) is -0.760. The number of ether oxygens (including phenoxy) is 1. The van der Waals surface area contributed by atoms with Crippen molar-refractivity contribution in [1.29, 1.82) is 0 Å². The summed E-state index contributed by atoms with van der Waals surface area (Å²) in [7, 11) is 1.94. The molecule has 10 heavy (non-hydrogen) atoms. The highest BCUT2D eigenvalue weighted by Crippen LogP contribution is 2.05. The number of rotatable bonds is 2. The second-order valence-electron chi connectivity index (χ2n) is 2.07. The summed E-state index contributed by atoms with van der Waals surface area (Å²) in [5.41, 5.74) is 1.07. The zero-order chi connectivity index (χ0) is 7.40. The van der Waals surface area contributed by atoms with Crippen LogP contribution in [0.2, 0.25) is 0 Å². The molecule has 0 aliphatic carbocycles. The fourth-order valence-corrected chi connectivity index (χ4v) is 0.768. The minimum Gasteiger partial charge on any atom is -0.463 e. The number of alkyl halides is 1. The molecule has 0 saturated heterocycles. The van der Waals surface area contributed by atoms with E-state index in [9.17, 15) is 4.39 Å². The molecule has 0 unspecified atom stereocenters. The van der Waals surface area contributed by atoms with Crippen LogP contribution in [0.1, 0.15) is 0 Å². The van der Waals surface area contributed by atoms with Crippen LogP contribution >= 0.6 is 0 Å². The van der Waals surface area contributed by atoms with Crippen molar-refractivity contribution in [3.63, 3.8) is 0 Å². The summed E-state index contributed by atoms with van der Waals surface area (Å²) in [5, 5.41) is 0. The van der Waals surface area contributed by atoms with Crippen LogP contribution in [0.25, 0.3) is 0 Å². The van der Waals surface area contributed by atoms with Gasteiger partial charge in [0.25, 0.3) is 0 Å². The lowest BCUT2D eigenvalue weighted by Gasteiger charge is -2.00. The first-order valence-electron chi connectivity index (χ1n) is 3.08. The first-order chi connectivity index (χ1) is 4.83. The molecule has 0 atom stereocenters. The predicted molar refractivity (Wildman–Crippen MR) is 41.2 cm³/mol. The number of benzene rings is 1. The van der Waals surface area contributed by atoms with E-state index in [2.05, 4.69) is 4.74 Å². The Hall–Kier alpha value is -0.985. The van der Waals surface area contributed by atoms with Crippen LogP contribution in [-0.4, -0.2) is 14.7 Å². The monoisotopic (exact) mass is 138 g/mol. The molecule has 52 valence electrons. The zero-order valence-electron chi connectivity index (χ0n) is 5.80. The van der Waals surface area contributed by atoms with Gasteiger partial charge in [-0.2, -0.15) is 0 Å². The van der Waals surface area contributed by atoms with Gasteiger partial charge in [0, 0.05) is 0 Å². The lowest BCUT2D eigenvalue weighted by Crippen LogP contribution is -2.01. The van der Waals surface area contributed by atoms with Crippen LogP contribution in [0.5, 0.6) is 5.75 Å². The van der Waals surface area contributed by atoms with E-state index < -0.39 is 6.86 Å². The second kappa shape index (κ2) is 3.25. The summed E-state index contributed by atoms with van der Waals surface area (Å²) in [6, 6.07) is 7.29. The molecule has 0 fully saturated rings. The Morgan fingerprint density at radius 2 is 2.30 bits per heavy atom. The van der Waals surface area contributed by atoms with Gasteiger partial charge in [0.1, 0.15) is 13.6 Å².